The molecule has 2 aromatic carbocycles. The molecule has 0 bridgehead atoms. The molecule has 0 saturated carbocycles. The van der Waals surface area contributed by atoms with Crippen molar-refractivity contribution >= 4 is 22.5 Å². The molecule has 0 amide bonds. The number of nitrogens with zero attached hydrogens (tertiary/aromatic N) is 1. The molecule has 0 aliphatic carbocycles. The zero-order chi connectivity index (χ0) is 22.5. The Balaban J connectivity index is 2.24. The highest BCUT2D eigenvalue weighted by atomic mass is 35.5. The number of hydrogen-bond donors (Lipinski definition) is 0. The maximum atomic E-state index is 6.91. The zero-order valence-electron chi connectivity index (χ0n) is 18.7. The van der Waals surface area contributed by atoms with E-state index in [0.29, 0.717) is 45.2 Å². The zero-order valence-corrected chi connectivity index (χ0v) is 19.5. The Labute approximate surface area is 188 Å². The molecule has 1 heterocycles. The Morgan fingerprint density at radius 3 is 2.06 bits per heavy atom. The van der Waals surface area contributed by atoms with Gasteiger partial charge in [0.05, 0.1) is 33.5 Å². The van der Waals surface area contributed by atoms with Gasteiger partial charge >= 0.3 is 0 Å². The third kappa shape index (κ3) is 4.44. The van der Waals surface area contributed by atoms with E-state index in [2.05, 4.69) is 13.8 Å². The summed E-state index contributed by atoms with van der Waals surface area (Å²) in [5.74, 6) is 3.53. The summed E-state index contributed by atoms with van der Waals surface area (Å²) < 4.78 is 28.1. The Morgan fingerprint density at radius 2 is 1.48 bits per heavy atom. The number of fused-ring (bicyclic) bond motifs is 1. The topological polar surface area (TPSA) is 59.0 Å². The van der Waals surface area contributed by atoms with Gasteiger partial charge in [-0.05, 0) is 37.0 Å². The van der Waals surface area contributed by atoms with Gasteiger partial charge in [0.15, 0.2) is 17.2 Å². The highest BCUT2D eigenvalue weighted by Crippen LogP contribution is 2.45. The molecule has 166 valence electrons. The predicted octanol–water partition coefficient (Wildman–Crippen LogP) is 6.62. The lowest BCUT2D eigenvalue weighted by Crippen LogP contribution is -2.04. The molecule has 0 aliphatic rings. The fraction of sp³-hybridized carbons (Fsp3) is 0.375. The van der Waals surface area contributed by atoms with Gasteiger partial charge in [-0.25, -0.2) is 4.98 Å². The van der Waals surface area contributed by atoms with E-state index < -0.39 is 0 Å². The molecule has 1 aromatic heterocycles. The molecule has 0 atom stereocenters. The maximum absolute atomic E-state index is 6.91. The Morgan fingerprint density at radius 1 is 0.806 bits per heavy atom. The maximum Gasteiger partial charge on any atom is 0.218 e. The van der Waals surface area contributed by atoms with Gasteiger partial charge in [-0.2, -0.15) is 0 Å². The van der Waals surface area contributed by atoms with Crippen molar-refractivity contribution < 1.29 is 23.7 Å². The van der Waals surface area contributed by atoms with Crippen LogP contribution in [0.15, 0.2) is 30.3 Å². The van der Waals surface area contributed by atoms with E-state index in [0.717, 1.165) is 23.8 Å². The van der Waals surface area contributed by atoms with Gasteiger partial charge in [-0.15, -0.1) is 0 Å². The molecule has 0 aliphatic heterocycles. The molecule has 3 aromatic rings. The first-order chi connectivity index (χ1) is 15.0. The number of benzene rings is 2. The van der Waals surface area contributed by atoms with Gasteiger partial charge in [0.2, 0.25) is 5.88 Å². The quantitative estimate of drug-likeness (QED) is 0.369. The monoisotopic (exact) mass is 445 g/mol. The summed E-state index contributed by atoms with van der Waals surface area (Å²) in [5, 5.41) is 1.34. The number of pyridine rings is 1. The van der Waals surface area contributed by atoms with Gasteiger partial charge in [0.1, 0.15) is 17.0 Å². The van der Waals surface area contributed by atoms with Crippen molar-refractivity contribution in [2.24, 2.45) is 0 Å². The normalized spacial score (nSPS) is 11.0. The minimum Gasteiger partial charge on any atom is -0.497 e. The van der Waals surface area contributed by atoms with E-state index in [1.54, 1.807) is 52.7 Å². The van der Waals surface area contributed by atoms with Crippen LogP contribution in [0.2, 0.25) is 5.02 Å². The first-order valence-electron chi connectivity index (χ1n) is 10.2. The summed E-state index contributed by atoms with van der Waals surface area (Å²) in [4.78, 5) is 4.78. The minimum atomic E-state index is 0.233. The van der Waals surface area contributed by atoms with Crippen LogP contribution in [-0.4, -0.2) is 33.4 Å². The first kappa shape index (κ1) is 22.8. The van der Waals surface area contributed by atoms with Crippen molar-refractivity contribution in [1.29, 1.82) is 0 Å². The van der Waals surface area contributed by atoms with Crippen LogP contribution in [0.4, 0.5) is 0 Å². The summed E-state index contributed by atoms with van der Waals surface area (Å²) in [5.41, 5.74) is 1.48. The van der Waals surface area contributed by atoms with Crippen molar-refractivity contribution in [1.82, 2.24) is 4.98 Å². The van der Waals surface area contributed by atoms with Crippen LogP contribution in [0.1, 0.15) is 38.2 Å². The summed E-state index contributed by atoms with van der Waals surface area (Å²) in [6, 6.07) is 8.97. The van der Waals surface area contributed by atoms with Crippen LogP contribution in [0, 0.1) is 0 Å². The number of halogens is 1. The summed E-state index contributed by atoms with van der Waals surface area (Å²) in [6.07, 6.45) is 1.85. The van der Waals surface area contributed by atoms with E-state index in [1.807, 2.05) is 6.07 Å². The van der Waals surface area contributed by atoms with Gasteiger partial charge in [-0.3, -0.25) is 0 Å². The summed E-state index contributed by atoms with van der Waals surface area (Å²) >= 11 is 6.91. The second kappa shape index (κ2) is 9.96. The number of ether oxygens (including phenoxy) is 5. The van der Waals surface area contributed by atoms with Gasteiger partial charge in [0.25, 0.3) is 0 Å². The molecule has 0 spiro atoms. The fourth-order valence-electron chi connectivity index (χ4n) is 3.65. The van der Waals surface area contributed by atoms with E-state index >= 15 is 0 Å². The van der Waals surface area contributed by atoms with Crippen molar-refractivity contribution in [3.63, 3.8) is 0 Å². The van der Waals surface area contributed by atoms with E-state index in [4.69, 9.17) is 40.3 Å². The van der Waals surface area contributed by atoms with E-state index in [-0.39, 0.29) is 5.92 Å². The molecular formula is C24H28ClNO5. The number of aromatic nitrogens is 1. The molecule has 0 radical (unpaired) electrons. The molecule has 0 saturated heterocycles. The second-order valence-corrected chi connectivity index (χ2v) is 7.38. The predicted molar refractivity (Wildman–Crippen MR) is 123 cm³/mol. The summed E-state index contributed by atoms with van der Waals surface area (Å²) in [7, 11) is 6.38. The van der Waals surface area contributed by atoms with Crippen LogP contribution < -0.4 is 23.7 Å². The van der Waals surface area contributed by atoms with Crippen molar-refractivity contribution in [2.45, 2.75) is 32.6 Å². The second-order valence-electron chi connectivity index (χ2n) is 7.00. The third-order valence-corrected chi connectivity index (χ3v) is 5.79. The van der Waals surface area contributed by atoms with E-state index in [1.165, 1.54) is 0 Å². The van der Waals surface area contributed by atoms with Crippen LogP contribution in [0.3, 0.4) is 0 Å². The van der Waals surface area contributed by atoms with Crippen LogP contribution in [0.5, 0.6) is 34.6 Å². The van der Waals surface area contributed by atoms with Crippen molar-refractivity contribution in [2.75, 3.05) is 28.4 Å². The Hall–Kier alpha value is -2.86. The highest BCUT2D eigenvalue weighted by Gasteiger charge is 2.24. The Bertz CT molecular complexity index is 1070. The highest BCUT2D eigenvalue weighted by molar-refractivity contribution is 6.36. The van der Waals surface area contributed by atoms with Crippen molar-refractivity contribution in [3.05, 3.63) is 40.9 Å². The van der Waals surface area contributed by atoms with Gasteiger partial charge < -0.3 is 23.7 Å². The van der Waals surface area contributed by atoms with Crippen molar-refractivity contribution in [3.8, 4) is 34.6 Å². The Kier molecular flexibility index (Phi) is 7.33. The van der Waals surface area contributed by atoms with Gasteiger partial charge in [-0.1, -0.05) is 25.4 Å². The SMILES string of the molecule is CCC(CC)c1c(OC)nc2c(Oc3ccc(OC)cc3OC)cc(OC)cc2c1Cl. The molecule has 0 unspecified atom stereocenters. The molecule has 7 heteroatoms. The third-order valence-electron chi connectivity index (χ3n) is 5.38. The molecular weight excluding hydrogens is 418 g/mol. The average molecular weight is 446 g/mol. The molecule has 6 nitrogen and oxygen atoms in total. The van der Waals surface area contributed by atoms with E-state index in [9.17, 15) is 0 Å². The lowest BCUT2D eigenvalue weighted by atomic mass is 9.93. The number of methoxy groups -OCH3 is 4. The number of hydrogen-bond acceptors (Lipinski definition) is 6. The van der Waals surface area contributed by atoms with Crippen LogP contribution >= 0.6 is 11.6 Å². The average Bonchev–Trinajstić information content (AvgIpc) is 2.81. The summed E-state index contributed by atoms with van der Waals surface area (Å²) in [6.45, 7) is 4.26. The lowest BCUT2D eigenvalue weighted by Gasteiger charge is -2.20. The van der Waals surface area contributed by atoms with Gasteiger partial charge in [0, 0.05) is 23.1 Å². The van der Waals surface area contributed by atoms with Crippen LogP contribution in [0.25, 0.3) is 10.9 Å². The molecule has 0 fully saturated rings. The molecule has 3 rings (SSSR count). The minimum absolute atomic E-state index is 0.233. The first-order valence-corrected chi connectivity index (χ1v) is 10.5. The number of rotatable bonds is 9. The standard InChI is InChI=1S/C24H28ClNO5/c1-7-14(8-2)21-22(25)17-11-16(28-4)13-20(23(17)26-24(21)30-6)31-18-10-9-15(27-3)12-19(18)29-5/h9-14H,7-8H2,1-6H3. The molecule has 0 N–H and O–H groups in total. The fourth-order valence-corrected chi connectivity index (χ4v) is 4.02. The van der Waals surface area contributed by atoms with Crippen LogP contribution in [-0.2, 0) is 0 Å². The lowest BCUT2D eigenvalue weighted by molar-refractivity contribution is 0.367. The largest absolute Gasteiger partial charge is 0.497 e. The smallest absolute Gasteiger partial charge is 0.218 e. The molecule has 31 heavy (non-hydrogen) atoms.